The predicted octanol–water partition coefficient (Wildman–Crippen LogP) is 8.94. The quantitative estimate of drug-likeness (QED) is 0.0879. The van der Waals surface area contributed by atoms with Crippen molar-refractivity contribution in [2.45, 2.75) is 148 Å². The van der Waals surface area contributed by atoms with Crippen LogP contribution >= 0.6 is 0 Å². The highest BCUT2D eigenvalue weighted by atomic mass is 16.5. The maximum atomic E-state index is 12.3. The Morgan fingerprint density at radius 3 is 1.88 bits per heavy atom. The molecular weight excluding hydrogens is 412 g/mol. The molecule has 1 unspecified atom stereocenters. The molecule has 0 rings (SSSR count). The van der Waals surface area contributed by atoms with Crippen LogP contribution in [0.5, 0.6) is 0 Å². The second-order valence-electron chi connectivity index (χ2n) is 9.23. The van der Waals surface area contributed by atoms with E-state index in [0.717, 1.165) is 64.2 Å². The van der Waals surface area contributed by atoms with Crippen molar-refractivity contribution in [1.82, 2.24) is 0 Å². The van der Waals surface area contributed by atoms with E-state index in [1.165, 1.54) is 51.4 Å². The average molecular weight is 465 g/mol. The minimum absolute atomic E-state index is 0.0865. The van der Waals surface area contributed by atoms with Gasteiger partial charge >= 0.3 is 11.9 Å². The van der Waals surface area contributed by atoms with Crippen LogP contribution in [0.25, 0.3) is 0 Å². The summed E-state index contributed by atoms with van der Waals surface area (Å²) < 4.78 is 5.76. The maximum Gasteiger partial charge on any atom is 0.306 e. The molecule has 0 amide bonds. The van der Waals surface area contributed by atoms with Crippen LogP contribution in [-0.4, -0.2) is 23.1 Å². The van der Waals surface area contributed by atoms with Crippen molar-refractivity contribution in [1.29, 1.82) is 0 Å². The predicted molar refractivity (Wildman–Crippen MR) is 139 cm³/mol. The van der Waals surface area contributed by atoms with Gasteiger partial charge in [0.05, 0.1) is 0 Å². The largest absolute Gasteiger partial charge is 0.481 e. The molecule has 0 heterocycles. The van der Waals surface area contributed by atoms with Gasteiger partial charge in [0.2, 0.25) is 0 Å². The summed E-state index contributed by atoms with van der Waals surface area (Å²) in [5, 5.41) is 8.73. The molecule has 0 aliphatic carbocycles. The normalized spacial score (nSPS) is 12.5. The molecule has 4 nitrogen and oxygen atoms in total. The summed E-state index contributed by atoms with van der Waals surface area (Å²) in [6, 6.07) is 0. The minimum Gasteiger partial charge on any atom is -0.481 e. The summed E-state index contributed by atoms with van der Waals surface area (Å²) in [7, 11) is 0. The molecule has 0 spiro atoms. The highest BCUT2D eigenvalue weighted by Crippen LogP contribution is 2.14. The Bertz CT molecular complexity index is 510. The fourth-order valence-corrected chi connectivity index (χ4v) is 3.84. The first-order valence-electron chi connectivity index (χ1n) is 13.8. The highest BCUT2D eigenvalue weighted by Gasteiger charge is 2.11. The number of hydrogen-bond donors (Lipinski definition) is 1. The molecule has 0 fully saturated rings. The minimum atomic E-state index is -0.729. The Balaban J connectivity index is 4.10. The van der Waals surface area contributed by atoms with E-state index in [0.29, 0.717) is 6.42 Å². The summed E-state index contributed by atoms with van der Waals surface area (Å²) in [6.07, 6.45) is 29.1. The van der Waals surface area contributed by atoms with Gasteiger partial charge in [0.1, 0.15) is 6.10 Å². The number of carboxylic acids is 1. The van der Waals surface area contributed by atoms with Crippen molar-refractivity contribution in [3.8, 4) is 0 Å². The van der Waals surface area contributed by atoms with E-state index in [1.807, 2.05) is 6.08 Å². The molecule has 0 aliphatic heterocycles. The highest BCUT2D eigenvalue weighted by molar-refractivity contribution is 5.69. The van der Waals surface area contributed by atoms with Gasteiger partial charge in [-0.05, 0) is 44.6 Å². The van der Waals surface area contributed by atoms with E-state index in [4.69, 9.17) is 9.84 Å². The summed E-state index contributed by atoms with van der Waals surface area (Å²) in [6.45, 7) is 4.42. The van der Waals surface area contributed by atoms with E-state index in [1.54, 1.807) is 0 Å². The van der Waals surface area contributed by atoms with Crippen LogP contribution in [0.3, 0.4) is 0 Å². The van der Waals surface area contributed by atoms with Crippen LogP contribution < -0.4 is 0 Å². The Morgan fingerprint density at radius 1 is 0.697 bits per heavy atom. The van der Waals surface area contributed by atoms with Crippen LogP contribution in [0, 0.1) is 0 Å². The standard InChI is InChI=1S/C29H52O4/c1-3-5-7-9-11-12-13-14-16-22-26-29(32)33-27(23-19-15-10-8-6-4-2)24-20-17-18-21-25-28(30)31/h8,10,19,23,27H,3-7,9,11-18,20-22,24-26H2,1-2H3,(H,30,31)/b10-8-,23-19-. The molecule has 0 aliphatic rings. The summed E-state index contributed by atoms with van der Waals surface area (Å²) in [5.41, 5.74) is 0. The molecule has 33 heavy (non-hydrogen) atoms. The van der Waals surface area contributed by atoms with Gasteiger partial charge in [-0.1, -0.05) is 109 Å². The first kappa shape index (κ1) is 31.4. The zero-order valence-electron chi connectivity index (χ0n) is 21.7. The summed E-state index contributed by atoms with van der Waals surface area (Å²) in [4.78, 5) is 22.9. The molecule has 1 atom stereocenters. The maximum absolute atomic E-state index is 12.3. The van der Waals surface area contributed by atoms with Crippen LogP contribution in [0.1, 0.15) is 142 Å². The molecule has 0 aromatic carbocycles. The SMILES string of the molecule is CCC/C=C\C/C=C\C(CCCCCCC(=O)O)OC(=O)CCCCCCCCCCCC. The van der Waals surface area contributed by atoms with E-state index in [2.05, 4.69) is 32.1 Å². The number of carbonyl (C=O) groups excluding carboxylic acids is 1. The lowest BCUT2D eigenvalue weighted by Gasteiger charge is -2.14. The molecule has 0 radical (unpaired) electrons. The van der Waals surface area contributed by atoms with Crippen molar-refractivity contribution in [2.24, 2.45) is 0 Å². The average Bonchev–Trinajstić information content (AvgIpc) is 2.79. The lowest BCUT2D eigenvalue weighted by molar-refractivity contribution is -0.147. The van der Waals surface area contributed by atoms with Gasteiger partial charge in [0.25, 0.3) is 0 Å². The molecule has 0 saturated carbocycles. The van der Waals surface area contributed by atoms with Crippen molar-refractivity contribution < 1.29 is 19.4 Å². The molecule has 0 bridgehead atoms. The number of esters is 1. The first-order valence-corrected chi connectivity index (χ1v) is 13.8. The smallest absolute Gasteiger partial charge is 0.306 e. The van der Waals surface area contributed by atoms with E-state index in [9.17, 15) is 9.59 Å². The third kappa shape index (κ3) is 24.9. The van der Waals surface area contributed by atoms with Crippen molar-refractivity contribution in [2.75, 3.05) is 0 Å². The molecular formula is C29H52O4. The number of carboxylic acid groups (broad SMARTS) is 1. The van der Waals surface area contributed by atoms with Crippen molar-refractivity contribution >= 4 is 11.9 Å². The Morgan fingerprint density at radius 2 is 1.27 bits per heavy atom. The van der Waals surface area contributed by atoms with Crippen LogP contribution in [-0.2, 0) is 14.3 Å². The third-order valence-corrected chi connectivity index (χ3v) is 5.89. The topological polar surface area (TPSA) is 63.6 Å². The number of hydrogen-bond acceptors (Lipinski definition) is 3. The lowest BCUT2D eigenvalue weighted by Crippen LogP contribution is -2.16. The van der Waals surface area contributed by atoms with Gasteiger partial charge < -0.3 is 9.84 Å². The molecule has 192 valence electrons. The second-order valence-corrected chi connectivity index (χ2v) is 9.23. The Kier molecular flexibility index (Phi) is 23.9. The van der Waals surface area contributed by atoms with Gasteiger partial charge in [-0.25, -0.2) is 0 Å². The number of allylic oxidation sites excluding steroid dienone is 3. The van der Waals surface area contributed by atoms with Gasteiger partial charge in [-0.2, -0.15) is 0 Å². The van der Waals surface area contributed by atoms with E-state index >= 15 is 0 Å². The van der Waals surface area contributed by atoms with Crippen LogP contribution in [0.15, 0.2) is 24.3 Å². The van der Waals surface area contributed by atoms with Gasteiger partial charge in [0, 0.05) is 12.8 Å². The monoisotopic (exact) mass is 464 g/mol. The lowest BCUT2D eigenvalue weighted by atomic mass is 10.1. The van der Waals surface area contributed by atoms with Crippen LogP contribution in [0.2, 0.25) is 0 Å². The van der Waals surface area contributed by atoms with Gasteiger partial charge in [-0.15, -0.1) is 0 Å². The zero-order chi connectivity index (χ0) is 24.4. The third-order valence-electron chi connectivity index (χ3n) is 5.89. The summed E-state index contributed by atoms with van der Waals surface area (Å²) >= 11 is 0. The molecule has 1 N–H and O–H groups in total. The Hall–Kier alpha value is -1.58. The van der Waals surface area contributed by atoms with Gasteiger partial charge in [0.15, 0.2) is 0 Å². The van der Waals surface area contributed by atoms with Crippen molar-refractivity contribution in [3.63, 3.8) is 0 Å². The summed E-state index contributed by atoms with van der Waals surface area (Å²) in [5.74, 6) is -0.815. The molecule has 0 aromatic heterocycles. The first-order chi connectivity index (χ1) is 16.1. The number of aliphatic carboxylic acids is 1. The fourth-order valence-electron chi connectivity index (χ4n) is 3.84. The molecule has 0 aromatic rings. The number of carbonyl (C=O) groups is 2. The zero-order valence-corrected chi connectivity index (χ0v) is 21.7. The fraction of sp³-hybridized carbons (Fsp3) is 0.793. The van der Waals surface area contributed by atoms with E-state index in [-0.39, 0.29) is 18.5 Å². The second kappa shape index (κ2) is 25.1. The van der Waals surface area contributed by atoms with E-state index < -0.39 is 5.97 Å². The molecule has 4 heteroatoms. The van der Waals surface area contributed by atoms with Gasteiger partial charge in [-0.3, -0.25) is 9.59 Å². The number of rotatable bonds is 24. The number of unbranched alkanes of at least 4 members (excludes halogenated alkanes) is 13. The molecule has 0 saturated heterocycles. The van der Waals surface area contributed by atoms with Crippen LogP contribution in [0.4, 0.5) is 0 Å². The van der Waals surface area contributed by atoms with Crippen molar-refractivity contribution in [3.05, 3.63) is 24.3 Å². The number of ether oxygens (including phenoxy) is 1. The Labute approximate surface area is 204 Å².